The lowest BCUT2D eigenvalue weighted by molar-refractivity contribution is 0.285. The summed E-state index contributed by atoms with van der Waals surface area (Å²) in [6.07, 6.45) is 7.75. The van der Waals surface area contributed by atoms with Gasteiger partial charge in [-0.05, 0) is 38.7 Å². The topological polar surface area (TPSA) is 42.2 Å². The van der Waals surface area contributed by atoms with Crippen LogP contribution in [0.3, 0.4) is 0 Å². The SMILES string of the molecule is Cc1cc2c(NC(C)C3CCC3)nccn2n1. The van der Waals surface area contributed by atoms with Crippen LogP contribution in [-0.2, 0) is 0 Å². The van der Waals surface area contributed by atoms with Crippen LogP contribution >= 0.6 is 0 Å². The second-order valence-electron chi connectivity index (χ2n) is 5.02. The maximum Gasteiger partial charge on any atom is 0.152 e. The second kappa shape index (κ2) is 4.02. The maximum atomic E-state index is 4.43. The summed E-state index contributed by atoms with van der Waals surface area (Å²) in [5.74, 6) is 1.76. The number of nitrogens with zero attached hydrogens (tertiary/aromatic N) is 3. The van der Waals surface area contributed by atoms with Gasteiger partial charge in [0.05, 0.1) is 5.69 Å². The van der Waals surface area contributed by atoms with Gasteiger partial charge in [0, 0.05) is 18.4 Å². The number of aryl methyl sites for hydroxylation is 1. The number of anilines is 1. The van der Waals surface area contributed by atoms with Gasteiger partial charge in [-0.1, -0.05) is 6.42 Å². The fourth-order valence-electron chi connectivity index (χ4n) is 2.43. The first-order chi connectivity index (χ1) is 8.24. The summed E-state index contributed by atoms with van der Waals surface area (Å²) in [5.41, 5.74) is 2.09. The second-order valence-corrected chi connectivity index (χ2v) is 5.02. The Labute approximate surface area is 101 Å². The Balaban J connectivity index is 1.88. The molecule has 1 unspecified atom stereocenters. The fourth-order valence-corrected chi connectivity index (χ4v) is 2.43. The molecule has 0 spiro atoms. The average molecular weight is 230 g/mol. The van der Waals surface area contributed by atoms with Crippen molar-refractivity contribution in [3.8, 4) is 0 Å². The lowest BCUT2D eigenvalue weighted by Crippen LogP contribution is -2.31. The third-order valence-electron chi connectivity index (χ3n) is 3.73. The number of aromatic nitrogens is 3. The molecule has 2 aromatic rings. The molecule has 4 heteroatoms. The number of fused-ring (bicyclic) bond motifs is 1. The van der Waals surface area contributed by atoms with E-state index in [1.165, 1.54) is 19.3 Å². The van der Waals surface area contributed by atoms with Gasteiger partial charge in [-0.15, -0.1) is 0 Å². The molecule has 2 aromatic heterocycles. The first kappa shape index (κ1) is 10.6. The van der Waals surface area contributed by atoms with Gasteiger partial charge in [0.1, 0.15) is 5.52 Å². The summed E-state index contributed by atoms with van der Waals surface area (Å²) in [6.45, 7) is 4.25. The zero-order valence-corrected chi connectivity index (χ0v) is 10.3. The molecule has 1 saturated carbocycles. The lowest BCUT2D eigenvalue weighted by Gasteiger charge is -2.32. The predicted molar refractivity (Wildman–Crippen MR) is 68.1 cm³/mol. The van der Waals surface area contributed by atoms with Gasteiger partial charge in [-0.3, -0.25) is 0 Å². The van der Waals surface area contributed by atoms with Gasteiger partial charge in [0.15, 0.2) is 5.82 Å². The molecular weight excluding hydrogens is 212 g/mol. The highest BCUT2D eigenvalue weighted by atomic mass is 15.2. The van der Waals surface area contributed by atoms with Crippen molar-refractivity contribution in [2.45, 2.75) is 39.2 Å². The number of rotatable bonds is 3. The Morgan fingerprint density at radius 2 is 2.29 bits per heavy atom. The van der Waals surface area contributed by atoms with E-state index in [9.17, 15) is 0 Å². The molecule has 1 fully saturated rings. The van der Waals surface area contributed by atoms with Crippen molar-refractivity contribution < 1.29 is 0 Å². The molecule has 1 aliphatic carbocycles. The van der Waals surface area contributed by atoms with Crippen LogP contribution in [0.2, 0.25) is 0 Å². The summed E-state index contributed by atoms with van der Waals surface area (Å²) < 4.78 is 1.89. The van der Waals surface area contributed by atoms with Crippen molar-refractivity contribution >= 4 is 11.3 Å². The van der Waals surface area contributed by atoms with E-state index in [1.54, 1.807) is 6.20 Å². The third kappa shape index (κ3) is 1.88. The highest BCUT2D eigenvalue weighted by Crippen LogP contribution is 2.31. The predicted octanol–water partition coefficient (Wildman–Crippen LogP) is 2.64. The van der Waals surface area contributed by atoms with Crippen molar-refractivity contribution in [3.63, 3.8) is 0 Å². The van der Waals surface area contributed by atoms with E-state index in [0.29, 0.717) is 6.04 Å². The van der Waals surface area contributed by atoms with Crippen LogP contribution < -0.4 is 5.32 Å². The number of hydrogen-bond acceptors (Lipinski definition) is 3. The molecule has 1 atom stereocenters. The summed E-state index contributed by atoms with van der Waals surface area (Å²) >= 11 is 0. The van der Waals surface area contributed by atoms with Crippen molar-refractivity contribution in [2.75, 3.05) is 5.32 Å². The van der Waals surface area contributed by atoms with Gasteiger partial charge in [-0.2, -0.15) is 5.10 Å². The average Bonchev–Trinajstić information content (AvgIpc) is 2.56. The lowest BCUT2D eigenvalue weighted by atomic mass is 9.80. The van der Waals surface area contributed by atoms with Crippen molar-refractivity contribution in [3.05, 3.63) is 24.2 Å². The van der Waals surface area contributed by atoms with Crippen LogP contribution in [-0.4, -0.2) is 20.6 Å². The molecule has 2 heterocycles. The Bertz CT molecular complexity index is 527. The standard InChI is InChI=1S/C13H18N4/c1-9-8-12-13(14-6-7-17(12)16-9)15-10(2)11-4-3-5-11/h6-8,10-11H,3-5H2,1-2H3,(H,14,15). The number of nitrogens with one attached hydrogen (secondary N) is 1. The van der Waals surface area contributed by atoms with Crippen LogP contribution in [0.25, 0.3) is 5.52 Å². The van der Waals surface area contributed by atoms with E-state index in [0.717, 1.165) is 22.9 Å². The molecule has 3 rings (SSSR count). The van der Waals surface area contributed by atoms with E-state index in [4.69, 9.17) is 0 Å². The summed E-state index contributed by atoms with van der Waals surface area (Å²) in [5, 5.41) is 7.92. The minimum atomic E-state index is 0.498. The van der Waals surface area contributed by atoms with E-state index in [1.807, 2.05) is 17.6 Å². The van der Waals surface area contributed by atoms with Crippen LogP contribution in [0.1, 0.15) is 31.9 Å². The van der Waals surface area contributed by atoms with Crippen LogP contribution in [0.15, 0.2) is 18.5 Å². The van der Waals surface area contributed by atoms with E-state index in [-0.39, 0.29) is 0 Å². The van der Waals surface area contributed by atoms with Crippen molar-refractivity contribution in [1.82, 2.24) is 14.6 Å². The summed E-state index contributed by atoms with van der Waals surface area (Å²) in [7, 11) is 0. The molecule has 17 heavy (non-hydrogen) atoms. The molecule has 0 aromatic carbocycles. The third-order valence-corrected chi connectivity index (χ3v) is 3.73. The largest absolute Gasteiger partial charge is 0.366 e. The van der Waals surface area contributed by atoms with Crippen LogP contribution in [0, 0.1) is 12.8 Å². The van der Waals surface area contributed by atoms with Crippen molar-refractivity contribution in [2.24, 2.45) is 5.92 Å². The fraction of sp³-hybridized carbons (Fsp3) is 0.538. The zero-order chi connectivity index (χ0) is 11.8. The summed E-state index contributed by atoms with van der Waals surface area (Å²) in [6, 6.07) is 2.57. The van der Waals surface area contributed by atoms with E-state index >= 15 is 0 Å². The molecule has 4 nitrogen and oxygen atoms in total. The minimum absolute atomic E-state index is 0.498. The molecule has 0 aliphatic heterocycles. The van der Waals surface area contributed by atoms with E-state index < -0.39 is 0 Å². The molecule has 0 amide bonds. The smallest absolute Gasteiger partial charge is 0.152 e. The minimum Gasteiger partial charge on any atom is -0.366 e. The highest BCUT2D eigenvalue weighted by molar-refractivity contribution is 5.67. The Hall–Kier alpha value is -1.58. The summed E-state index contributed by atoms with van der Waals surface area (Å²) in [4.78, 5) is 4.43. The quantitative estimate of drug-likeness (QED) is 0.881. The molecule has 1 N–H and O–H groups in total. The Kier molecular flexibility index (Phi) is 2.50. The molecule has 0 saturated heterocycles. The van der Waals surface area contributed by atoms with Crippen LogP contribution in [0.5, 0.6) is 0 Å². The highest BCUT2D eigenvalue weighted by Gasteiger charge is 2.24. The molecule has 0 radical (unpaired) electrons. The van der Waals surface area contributed by atoms with Gasteiger partial charge in [0.2, 0.25) is 0 Å². The number of hydrogen-bond donors (Lipinski definition) is 1. The van der Waals surface area contributed by atoms with Crippen molar-refractivity contribution in [1.29, 1.82) is 0 Å². The Morgan fingerprint density at radius 1 is 1.47 bits per heavy atom. The molecule has 1 aliphatic rings. The Morgan fingerprint density at radius 3 is 3.00 bits per heavy atom. The normalized spacial score (nSPS) is 18.0. The van der Waals surface area contributed by atoms with Gasteiger partial charge >= 0.3 is 0 Å². The monoisotopic (exact) mass is 230 g/mol. The van der Waals surface area contributed by atoms with E-state index in [2.05, 4.69) is 28.4 Å². The zero-order valence-electron chi connectivity index (χ0n) is 10.3. The molecular formula is C13H18N4. The molecule has 90 valence electrons. The van der Waals surface area contributed by atoms with Crippen LogP contribution in [0.4, 0.5) is 5.82 Å². The first-order valence-electron chi connectivity index (χ1n) is 6.31. The first-order valence-corrected chi connectivity index (χ1v) is 6.31. The van der Waals surface area contributed by atoms with Gasteiger partial charge in [0.25, 0.3) is 0 Å². The van der Waals surface area contributed by atoms with Gasteiger partial charge in [-0.25, -0.2) is 9.50 Å². The van der Waals surface area contributed by atoms with Gasteiger partial charge < -0.3 is 5.32 Å². The maximum absolute atomic E-state index is 4.43. The molecule has 0 bridgehead atoms.